The number of aryl methyl sites for hydroxylation is 2. The highest BCUT2D eigenvalue weighted by molar-refractivity contribution is 7.90. The molecule has 10 heteroatoms. The first-order valence-corrected chi connectivity index (χ1v) is 10.2. The van der Waals surface area contributed by atoms with Gasteiger partial charge in [-0.2, -0.15) is 0 Å². The summed E-state index contributed by atoms with van der Waals surface area (Å²) >= 11 is 0. The third-order valence-corrected chi connectivity index (χ3v) is 6.16. The number of sulfonamides is 2. The largest absolute Gasteiger partial charge is 0.446 e. The fourth-order valence-electron chi connectivity index (χ4n) is 2.08. The van der Waals surface area contributed by atoms with Crippen molar-refractivity contribution in [1.82, 2.24) is 14.4 Å². The quantitative estimate of drug-likeness (QED) is 0.741. The molecule has 0 saturated carbocycles. The molecule has 0 atom stereocenters. The van der Waals surface area contributed by atoms with Crippen molar-refractivity contribution < 1.29 is 21.3 Å². The van der Waals surface area contributed by atoms with Gasteiger partial charge in [-0.25, -0.2) is 31.3 Å². The van der Waals surface area contributed by atoms with Crippen LogP contribution >= 0.6 is 0 Å². The molecule has 0 amide bonds. The maximum Gasteiger partial charge on any atom is 0.240 e. The lowest BCUT2D eigenvalue weighted by atomic mass is 10.1. The highest BCUT2D eigenvalue weighted by Gasteiger charge is 2.16. The number of hydrogen-bond donors (Lipinski definition) is 2. The lowest BCUT2D eigenvalue weighted by Crippen LogP contribution is -2.32. The Labute approximate surface area is 141 Å². The Morgan fingerprint density at radius 1 is 1.08 bits per heavy atom. The van der Waals surface area contributed by atoms with Crippen LogP contribution in [-0.4, -0.2) is 41.2 Å². The maximum atomic E-state index is 12.2. The number of hydrogen-bond acceptors (Lipinski definition) is 6. The highest BCUT2D eigenvalue weighted by Crippen LogP contribution is 2.24. The molecule has 0 unspecified atom stereocenters. The van der Waals surface area contributed by atoms with Gasteiger partial charge in [0.25, 0.3) is 0 Å². The minimum Gasteiger partial charge on any atom is -0.446 e. The zero-order valence-corrected chi connectivity index (χ0v) is 15.2. The molecule has 0 aliphatic rings. The van der Waals surface area contributed by atoms with Crippen LogP contribution in [0.4, 0.5) is 0 Å². The zero-order chi connectivity index (χ0) is 18.0. The first kappa shape index (κ1) is 18.6. The molecule has 2 aromatic rings. The summed E-state index contributed by atoms with van der Waals surface area (Å²) in [5, 5.41) is 0. The van der Waals surface area contributed by atoms with E-state index in [1.54, 1.807) is 26.0 Å². The summed E-state index contributed by atoms with van der Waals surface area (Å²) in [4.78, 5) is 4.30. The summed E-state index contributed by atoms with van der Waals surface area (Å²) in [6.45, 7) is 3.30. The third-order valence-electron chi connectivity index (χ3n) is 3.32. The van der Waals surface area contributed by atoms with Crippen molar-refractivity contribution in [3.05, 3.63) is 35.9 Å². The lowest BCUT2D eigenvalue weighted by Gasteiger charge is -2.07. The van der Waals surface area contributed by atoms with Gasteiger partial charge in [-0.3, -0.25) is 0 Å². The molecule has 1 aromatic heterocycles. The average Bonchev–Trinajstić information content (AvgIpc) is 2.85. The van der Waals surface area contributed by atoms with Crippen LogP contribution < -0.4 is 9.44 Å². The van der Waals surface area contributed by atoms with Gasteiger partial charge in [-0.1, -0.05) is 12.1 Å². The van der Waals surface area contributed by atoms with Crippen molar-refractivity contribution in [2.24, 2.45) is 0 Å². The van der Waals surface area contributed by atoms with E-state index in [9.17, 15) is 16.8 Å². The van der Waals surface area contributed by atoms with Gasteiger partial charge in [0, 0.05) is 19.0 Å². The monoisotopic (exact) mass is 373 g/mol. The molecule has 0 spiro atoms. The van der Waals surface area contributed by atoms with Gasteiger partial charge in [0.15, 0.2) is 5.89 Å². The summed E-state index contributed by atoms with van der Waals surface area (Å²) in [5.74, 6) is 0.850. The predicted octanol–water partition coefficient (Wildman–Crippen LogP) is 0.786. The number of nitrogens with zero attached hydrogens (tertiary/aromatic N) is 1. The van der Waals surface area contributed by atoms with Crippen molar-refractivity contribution in [2.75, 3.05) is 19.3 Å². The summed E-state index contributed by atoms with van der Waals surface area (Å²) in [5.41, 5.74) is 1.39. The first-order valence-electron chi connectivity index (χ1n) is 7.10. The molecule has 2 N–H and O–H groups in total. The molecule has 0 radical (unpaired) electrons. The number of aromatic nitrogens is 1. The smallest absolute Gasteiger partial charge is 0.240 e. The van der Waals surface area contributed by atoms with E-state index in [2.05, 4.69) is 14.4 Å². The van der Waals surface area contributed by atoms with Crippen molar-refractivity contribution in [3.8, 4) is 11.3 Å². The Hall–Kier alpha value is -1.75. The van der Waals surface area contributed by atoms with Gasteiger partial charge in [0.2, 0.25) is 20.0 Å². The molecule has 132 valence electrons. The van der Waals surface area contributed by atoms with Crippen LogP contribution in [0.15, 0.2) is 33.6 Å². The van der Waals surface area contributed by atoms with E-state index in [1.807, 2.05) is 0 Å². The standard InChI is InChI=1S/C14H19N3O5S2/c1-10-14(17-11(2)22-10)12-4-6-13(7-5-12)24(20,21)16-8-9-23(18,19)15-3/h4-7,15-16H,8-9H2,1-3H3. The molecule has 0 fully saturated rings. The van der Waals surface area contributed by atoms with E-state index in [0.717, 1.165) is 5.56 Å². The summed E-state index contributed by atoms with van der Waals surface area (Å²) < 4.78 is 56.7. The first-order chi connectivity index (χ1) is 11.1. The van der Waals surface area contributed by atoms with Gasteiger partial charge in [-0.05, 0) is 26.1 Å². The van der Waals surface area contributed by atoms with Gasteiger partial charge in [-0.15, -0.1) is 0 Å². The van der Waals surface area contributed by atoms with Crippen molar-refractivity contribution in [3.63, 3.8) is 0 Å². The zero-order valence-electron chi connectivity index (χ0n) is 13.5. The summed E-state index contributed by atoms with van der Waals surface area (Å²) in [6.07, 6.45) is 0. The second kappa shape index (κ2) is 7.01. The predicted molar refractivity (Wildman–Crippen MR) is 89.4 cm³/mol. The average molecular weight is 373 g/mol. The SMILES string of the molecule is CNS(=O)(=O)CCNS(=O)(=O)c1ccc(-c2nc(C)oc2C)cc1. The van der Waals surface area contributed by atoms with Crippen LogP contribution in [0.2, 0.25) is 0 Å². The number of rotatable bonds is 7. The van der Waals surface area contributed by atoms with Crippen LogP contribution in [0.5, 0.6) is 0 Å². The molecular formula is C14H19N3O5S2. The number of oxazole rings is 1. The van der Waals surface area contributed by atoms with E-state index < -0.39 is 20.0 Å². The molecule has 8 nitrogen and oxygen atoms in total. The van der Waals surface area contributed by atoms with E-state index in [4.69, 9.17) is 4.42 Å². The minimum atomic E-state index is -3.78. The molecule has 0 saturated heterocycles. The summed E-state index contributed by atoms with van der Waals surface area (Å²) in [7, 11) is -5.97. The maximum absolute atomic E-state index is 12.2. The fraction of sp³-hybridized carbons (Fsp3) is 0.357. The molecule has 1 heterocycles. The molecule has 0 aliphatic heterocycles. The van der Waals surface area contributed by atoms with Crippen molar-refractivity contribution >= 4 is 20.0 Å². The molecular weight excluding hydrogens is 354 g/mol. The Bertz CT molecular complexity index is 916. The van der Waals surface area contributed by atoms with Gasteiger partial charge >= 0.3 is 0 Å². The summed E-state index contributed by atoms with van der Waals surface area (Å²) in [6, 6.07) is 6.13. The van der Waals surface area contributed by atoms with Crippen LogP contribution in [0.3, 0.4) is 0 Å². The number of benzene rings is 1. The fourth-order valence-corrected chi connectivity index (χ4v) is 3.82. The van der Waals surface area contributed by atoms with Crippen LogP contribution in [-0.2, 0) is 20.0 Å². The Kier molecular flexibility index (Phi) is 5.43. The van der Waals surface area contributed by atoms with Gasteiger partial charge in [0.1, 0.15) is 11.5 Å². The van der Waals surface area contributed by atoms with Crippen LogP contribution in [0, 0.1) is 13.8 Å². The Balaban J connectivity index is 2.13. The molecule has 0 aliphatic carbocycles. The second-order valence-electron chi connectivity index (χ2n) is 5.08. The van der Waals surface area contributed by atoms with Crippen molar-refractivity contribution in [2.45, 2.75) is 18.7 Å². The normalized spacial score (nSPS) is 12.5. The Morgan fingerprint density at radius 3 is 2.21 bits per heavy atom. The number of nitrogens with one attached hydrogen (secondary N) is 2. The second-order valence-corrected chi connectivity index (χ2v) is 8.90. The molecule has 0 bridgehead atoms. The molecule has 1 aromatic carbocycles. The van der Waals surface area contributed by atoms with E-state index >= 15 is 0 Å². The van der Waals surface area contributed by atoms with Gasteiger partial charge < -0.3 is 4.42 Å². The van der Waals surface area contributed by atoms with E-state index in [-0.39, 0.29) is 17.2 Å². The highest BCUT2D eigenvalue weighted by atomic mass is 32.2. The van der Waals surface area contributed by atoms with E-state index in [0.29, 0.717) is 17.3 Å². The Morgan fingerprint density at radius 2 is 1.71 bits per heavy atom. The molecule has 24 heavy (non-hydrogen) atoms. The third kappa shape index (κ3) is 4.41. The van der Waals surface area contributed by atoms with Crippen LogP contribution in [0.1, 0.15) is 11.7 Å². The topological polar surface area (TPSA) is 118 Å². The van der Waals surface area contributed by atoms with Gasteiger partial charge in [0.05, 0.1) is 10.6 Å². The lowest BCUT2D eigenvalue weighted by molar-refractivity contribution is 0.495. The van der Waals surface area contributed by atoms with Crippen LogP contribution in [0.25, 0.3) is 11.3 Å². The molecule has 2 rings (SSSR count). The minimum absolute atomic E-state index is 0.0472. The van der Waals surface area contributed by atoms with Crippen molar-refractivity contribution in [1.29, 1.82) is 0 Å². The van der Waals surface area contributed by atoms with E-state index in [1.165, 1.54) is 19.2 Å².